The van der Waals surface area contributed by atoms with Crippen molar-refractivity contribution in [2.45, 2.75) is 38.6 Å². The summed E-state index contributed by atoms with van der Waals surface area (Å²) in [7, 11) is 0. The molecule has 1 atom stereocenters. The predicted octanol–water partition coefficient (Wildman–Crippen LogP) is 4.91. The summed E-state index contributed by atoms with van der Waals surface area (Å²) in [4.78, 5) is 16.9. The lowest BCUT2D eigenvalue weighted by Gasteiger charge is -2.31. The van der Waals surface area contributed by atoms with Gasteiger partial charge in [-0.15, -0.1) is 0 Å². The standard InChI is InChI=1S/C22H23FN2O/c1-3-12-22(2,14-16-8-5-4-6-9-16)25-21(26)18-13-17-10-7-11-19(23)20(17)24-15-18/h4-11,13,15H,3,12,14H2,1-2H3,(H,25,26). The van der Waals surface area contributed by atoms with Crippen molar-refractivity contribution in [1.82, 2.24) is 10.3 Å². The van der Waals surface area contributed by atoms with Gasteiger partial charge in [0.1, 0.15) is 11.3 Å². The number of nitrogens with one attached hydrogen (secondary N) is 1. The Morgan fingerprint density at radius 1 is 1.15 bits per heavy atom. The van der Waals surface area contributed by atoms with Crippen LogP contribution in [0.25, 0.3) is 10.9 Å². The van der Waals surface area contributed by atoms with Gasteiger partial charge >= 0.3 is 0 Å². The maximum Gasteiger partial charge on any atom is 0.253 e. The Labute approximate surface area is 153 Å². The lowest BCUT2D eigenvalue weighted by atomic mass is 9.88. The molecule has 0 bridgehead atoms. The fourth-order valence-electron chi connectivity index (χ4n) is 3.39. The first-order chi connectivity index (χ1) is 12.5. The molecule has 1 aromatic heterocycles. The van der Waals surface area contributed by atoms with Gasteiger partial charge in [0, 0.05) is 17.1 Å². The number of hydrogen-bond acceptors (Lipinski definition) is 2. The van der Waals surface area contributed by atoms with Crippen LogP contribution >= 0.6 is 0 Å². The minimum atomic E-state index is -0.380. The third-order valence-electron chi connectivity index (χ3n) is 4.58. The molecular formula is C22H23FN2O. The van der Waals surface area contributed by atoms with Crippen LogP contribution in [0.4, 0.5) is 4.39 Å². The number of nitrogens with zero attached hydrogens (tertiary/aromatic N) is 1. The number of para-hydroxylation sites is 1. The predicted molar refractivity (Wildman–Crippen MR) is 103 cm³/mol. The zero-order chi connectivity index (χ0) is 18.6. The molecule has 3 nitrogen and oxygen atoms in total. The second-order valence-corrected chi connectivity index (χ2v) is 6.96. The summed E-state index contributed by atoms with van der Waals surface area (Å²) in [6.07, 6.45) is 4.02. The molecule has 0 radical (unpaired) electrons. The van der Waals surface area contributed by atoms with Crippen molar-refractivity contribution in [2.24, 2.45) is 0 Å². The number of carbonyl (C=O) groups excluding carboxylic acids is 1. The Hall–Kier alpha value is -2.75. The van der Waals surface area contributed by atoms with Gasteiger partial charge in [0.15, 0.2) is 0 Å². The van der Waals surface area contributed by atoms with Gasteiger partial charge in [0.05, 0.1) is 5.56 Å². The quantitative estimate of drug-likeness (QED) is 0.687. The lowest BCUT2D eigenvalue weighted by Crippen LogP contribution is -2.47. The molecule has 0 fully saturated rings. The summed E-state index contributed by atoms with van der Waals surface area (Å²) in [6.45, 7) is 4.17. The molecule has 0 saturated carbocycles. The fourth-order valence-corrected chi connectivity index (χ4v) is 3.39. The van der Waals surface area contributed by atoms with Crippen LogP contribution in [-0.4, -0.2) is 16.4 Å². The van der Waals surface area contributed by atoms with Crippen molar-refractivity contribution in [1.29, 1.82) is 0 Å². The molecule has 2 aromatic carbocycles. The summed E-state index contributed by atoms with van der Waals surface area (Å²) >= 11 is 0. The summed E-state index contributed by atoms with van der Waals surface area (Å²) in [5.41, 5.74) is 1.55. The number of rotatable bonds is 6. The van der Waals surface area contributed by atoms with E-state index in [0.717, 1.165) is 19.3 Å². The average Bonchev–Trinajstić information content (AvgIpc) is 2.62. The Kier molecular flexibility index (Phi) is 5.31. The minimum absolute atomic E-state index is 0.185. The largest absolute Gasteiger partial charge is 0.347 e. The summed E-state index contributed by atoms with van der Waals surface area (Å²) in [5.74, 6) is -0.565. The number of carbonyl (C=O) groups is 1. The van der Waals surface area contributed by atoms with Crippen molar-refractivity contribution >= 4 is 16.8 Å². The highest BCUT2D eigenvalue weighted by Gasteiger charge is 2.26. The zero-order valence-electron chi connectivity index (χ0n) is 15.1. The number of fused-ring (bicyclic) bond motifs is 1. The number of hydrogen-bond donors (Lipinski definition) is 1. The van der Waals surface area contributed by atoms with Gasteiger partial charge in [-0.25, -0.2) is 4.39 Å². The number of amides is 1. The molecule has 3 rings (SSSR count). The van der Waals surface area contributed by atoms with Crippen molar-refractivity contribution in [3.63, 3.8) is 0 Å². The third-order valence-corrected chi connectivity index (χ3v) is 4.58. The maximum absolute atomic E-state index is 13.8. The van der Waals surface area contributed by atoms with Crippen LogP contribution < -0.4 is 5.32 Å². The van der Waals surface area contributed by atoms with Crippen LogP contribution in [0.15, 0.2) is 60.8 Å². The molecule has 0 aliphatic rings. The van der Waals surface area contributed by atoms with E-state index in [2.05, 4.69) is 36.3 Å². The van der Waals surface area contributed by atoms with E-state index in [1.807, 2.05) is 18.2 Å². The molecule has 1 N–H and O–H groups in total. The van der Waals surface area contributed by atoms with Gasteiger partial charge in [-0.05, 0) is 37.5 Å². The molecule has 4 heteroatoms. The average molecular weight is 350 g/mol. The highest BCUT2D eigenvalue weighted by molar-refractivity contribution is 5.97. The molecule has 134 valence electrons. The number of pyridine rings is 1. The molecule has 0 aliphatic heterocycles. The Balaban J connectivity index is 1.83. The van der Waals surface area contributed by atoms with Gasteiger partial charge < -0.3 is 5.32 Å². The molecule has 0 saturated heterocycles. The molecular weight excluding hydrogens is 327 g/mol. The Morgan fingerprint density at radius 3 is 2.65 bits per heavy atom. The third kappa shape index (κ3) is 4.07. The first-order valence-corrected chi connectivity index (χ1v) is 8.91. The van der Waals surface area contributed by atoms with Crippen molar-refractivity contribution in [3.8, 4) is 0 Å². The number of aromatic nitrogens is 1. The van der Waals surface area contributed by atoms with Gasteiger partial charge in [-0.3, -0.25) is 9.78 Å². The second-order valence-electron chi connectivity index (χ2n) is 6.96. The fraction of sp³-hybridized carbons (Fsp3) is 0.273. The van der Waals surface area contributed by atoms with Crippen molar-refractivity contribution in [2.75, 3.05) is 0 Å². The lowest BCUT2D eigenvalue weighted by molar-refractivity contribution is 0.0900. The molecule has 0 aliphatic carbocycles. The molecule has 0 spiro atoms. The smallest absolute Gasteiger partial charge is 0.253 e. The van der Waals surface area contributed by atoms with E-state index in [1.54, 1.807) is 18.2 Å². The highest BCUT2D eigenvalue weighted by atomic mass is 19.1. The van der Waals surface area contributed by atoms with Crippen LogP contribution in [0.1, 0.15) is 42.6 Å². The van der Waals surface area contributed by atoms with Crippen LogP contribution in [0.5, 0.6) is 0 Å². The Bertz CT molecular complexity index is 910. The van der Waals surface area contributed by atoms with Gasteiger partial charge in [-0.1, -0.05) is 55.8 Å². The summed E-state index contributed by atoms with van der Waals surface area (Å²) in [5, 5.41) is 3.79. The van der Waals surface area contributed by atoms with Crippen LogP contribution in [-0.2, 0) is 6.42 Å². The second kappa shape index (κ2) is 7.65. The van der Waals surface area contributed by atoms with Crippen LogP contribution in [0.3, 0.4) is 0 Å². The Morgan fingerprint density at radius 2 is 1.92 bits per heavy atom. The van der Waals surface area contributed by atoms with E-state index in [9.17, 15) is 9.18 Å². The van der Waals surface area contributed by atoms with Gasteiger partial charge in [-0.2, -0.15) is 0 Å². The van der Waals surface area contributed by atoms with E-state index in [-0.39, 0.29) is 22.8 Å². The van der Waals surface area contributed by atoms with Crippen LogP contribution in [0, 0.1) is 5.82 Å². The monoisotopic (exact) mass is 350 g/mol. The SMILES string of the molecule is CCCC(C)(Cc1ccccc1)NC(=O)c1cnc2c(F)cccc2c1. The molecule has 26 heavy (non-hydrogen) atoms. The molecule has 1 unspecified atom stereocenters. The summed E-state index contributed by atoms with van der Waals surface area (Å²) in [6, 6.07) is 16.6. The zero-order valence-corrected chi connectivity index (χ0v) is 15.1. The van der Waals surface area contributed by atoms with Crippen molar-refractivity contribution < 1.29 is 9.18 Å². The normalized spacial score (nSPS) is 13.3. The van der Waals surface area contributed by atoms with E-state index in [0.29, 0.717) is 10.9 Å². The number of benzene rings is 2. The minimum Gasteiger partial charge on any atom is -0.347 e. The first kappa shape index (κ1) is 18.1. The van der Waals surface area contributed by atoms with Gasteiger partial charge in [0.2, 0.25) is 0 Å². The molecule has 1 amide bonds. The first-order valence-electron chi connectivity index (χ1n) is 8.91. The topological polar surface area (TPSA) is 42.0 Å². The van der Waals surface area contributed by atoms with E-state index in [1.165, 1.54) is 17.8 Å². The highest BCUT2D eigenvalue weighted by Crippen LogP contribution is 2.21. The van der Waals surface area contributed by atoms with Crippen molar-refractivity contribution in [3.05, 3.63) is 77.7 Å². The maximum atomic E-state index is 13.8. The summed E-state index contributed by atoms with van der Waals surface area (Å²) < 4.78 is 13.8. The van der Waals surface area contributed by atoms with Crippen LogP contribution in [0.2, 0.25) is 0 Å². The van der Waals surface area contributed by atoms with E-state index >= 15 is 0 Å². The molecule has 3 aromatic rings. The van der Waals surface area contributed by atoms with E-state index < -0.39 is 0 Å². The number of halogens is 1. The van der Waals surface area contributed by atoms with E-state index in [4.69, 9.17) is 0 Å². The molecule has 1 heterocycles. The van der Waals surface area contributed by atoms with Gasteiger partial charge in [0.25, 0.3) is 5.91 Å².